The molecule has 1 saturated heterocycles. The predicted octanol–water partition coefficient (Wildman–Crippen LogP) is 6.45. The second-order valence-electron chi connectivity index (χ2n) is 10.6. The molecule has 0 unspecified atom stereocenters. The standard InChI is InChI=1S/C33H28F3N3O5S/c1-2-43-32(42)27-24(14-7-19-5-12-22(13-6-19)33(34,35)36)38-29-25-17-45-18-39(25)31(41)28(29)26(27)20-8-10-21(11-9-20)30(40)37-16-23-4-3-15-44-23/h3-6,8-13,15,25H,2,7,14,16-18H2,1H3,(H,37,40)/t25-/m0/s1. The van der Waals surface area contributed by atoms with Crippen molar-refractivity contribution < 1.29 is 36.7 Å². The van der Waals surface area contributed by atoms with Gasteiger partial charge < -0.3 is 19.4 Å². The molecular formula is C33H28F3N3O5S. The molecule has 0 bridgehead atoms. The van der Waals surface area contributed by atoms with Crippen LogP contribution >= 0.6 is 11.8 Å². The molecule has 12 heteroatoms. The highest BCUT2D eigenvalue weighted by molar-refractivity contribution is 7.99. The number of nitrogens with one attached hydrogen (secondary N) is 1. The van der Waals surface area contributed by atoms with Crippen LogP contribution in [-0.2, 0) is 30.3 Å². The predicted molar refractivity (Wildman–Crippen MR) is 161 cm³/mol. The SMILES string of the molecule is CCOC(=O)c1c(CCc2ccc(C(F)(F)F)cc2)nc2c(c1-c1ccc(C(=O)NCc3ccco3)cc1)C(=O)N1CSC[C@@H]21. The van der Waals surface area contributed by atoms with E-state index in [2.05, 4.69) is 5.32 Å². The van der Waals surface area contributed by atoms with Crippen molar-refractivity contribution in [3.05, 3.63) is 112 Å². The third-order valence-electron chi connectivity index (χ3n) is 7.82. The van der Waals surface area contributed by atoms with Crippen molar-refractivity contribution in [2.24, 2.45) is 0 Å². The van der Waals surface area contributed by atoms with Gasteiger partial charge in [-0.15, -0.1) is 11.8 Å². The molecule has 8 nitrogen and oxygen atoms in total. The van der Waals surface area contributed by atoms with Gasteiger partial charge in [0.05, 0.1) is 59.4 Å². The Morgan fingerprint density at radius 3 is 2.49 bits per heavy atom. The molecule has 0 aliphatic carbocycles. The Morgan fingerprint density at radius 1 is 1.07 bits per heavy atom. The molecule has 2 aliphatic heterocycles. The molecule has 2 amide bonds. The fourth-order valence-electron chi connectivity index (χ4n) is 5.61. The van der Waals surface area contributed by atoms with E-state index in [1.807, 2.05) is 0 Å². The summed E-state index contributed by atoms with van der Waals surface area (Å²) < 4.78 is 50.0. The molecule has 0 saturated carbocycles. The van der Waals surface area contributed by atoms with Crippen LogP contribution in [0.25, 0.3) is 11.1 Å². The van der Waals surface area contributed by atoms with E-state index < -0.39 is 17.7 Å². The Balaban J connectivity index is 1.39. The number of ether oxygens (including phenoxy) is 1. The van der Waals surface area contributed by atoms with Crippen molar-refractivity contribution in [1.29, 1.82) is 0 Å². The summed E-state index contributed by atoms with van der Waals surface area (Å²) in [4.78, 5) is 46.7. The van der Waals surface area contributed by atoms with Gasteiger partial charge in [-0.05, 0) is 67.3 Å². The lowest BCUT2D eigenvalue weighted by atomic mass is 9.90. The molecule has 2 aliphatic rings. The largest absolute Gasteiger partial charge is 0.467 e. The van der Waals surface area contributed by atoms with Crippen molar-refractivity contribution >= 4 is 29.5 Å². The Bertz CT molecular complexity index is 1740. The van der Waals surface area contributed by atoms with Gasteiger partial charge in [0, 0.05) is 16.9 Å². The number of aryl methyl sites for hydroxylation is 2. The second-order valence-corrected chi connectivity index (χ2v) is 11.6. The van der Waals surface area contributed by atoms with Gasteiger partial charge in [-0.25, -0.2) is 4.79 Å². The number of benzene rings is 2. The van der Waals surface area contributed by atoms with Crippen LogP contribution < -0.4 is 5.32 Å². The minimum absolute atomic E-state index is 0.0851. The average Bonchev–Trinajstić information content (AvgIpc) is 3.78. The van der Waals surface area contributed by atoms with E-state index in [0.717, 1.165) is 12.1 Å². The lowest BCUT2D eigenvalue weighted by Gasteiger charge is -2.18. The fourth-order valence-corrected chi connectivity index (χ4v) is 6.77. The number of halogens is 3. The minimum Gasteiger partial charge on any atom is -0.467 e. The normalized spacial score (nSPS) is 15.6. The number of carbonyl (C=O) groups is 3. The molecule has 45 heavy (non-hydrogen) atoms. The van der Waals surface area contributed by atoms with Gasteiger partial charge in [0.25, 0.3) is 11.8 Å². The van der Waals surface area contributed by atoms with Crippen molar-refractivity contribution in [3.63, 3.8) is 0 Å². The summed E-state index contributed by atoms with van der Waals surface area (Å²) in [6.07, 6.45) is -2.39. The van der Waals surface area contributed by atoms with E-state index in [1.54, 1.807) is 60.0 Å². The van der Waals surface area contributed by atoms with Crippen LogP contribution in [0.4, 0.5) is 13.2 Å². The van der Waals surface area contributed by atoms with Crippen molar-refractivity contribution in [1.82, 2.24) is 15.2 Å². The third kappa shape index (κ3) is 6.06. The van der Waals surface area contributed by atoms with Crippen LogP contribution in [0.5, 0.6) is 0 Å². The van der Waals surface area contributed by atoms with Crippen LogP contribution in [0.2, 0.25) is 0 Å². The summed E-state index contributed by atoms with van der Waals surface area (Å²) in [6.45, 7) is 1.97. The highest BCUT2D eigenvalue weighted by Crippen LogP contribution is 2.46. The summed E-state index contributed by atoms with van der Waals surface area (Å²) >= 11 is 1.61. The zero-order valence-electron chi connectivity index (χ0n) is 24.1. The van der Waals surface area contributed by atoms with E-state index in [1.165, 1.54) is 18.4 Å². The number of nitrogens with zero attached hydrogens (tertiary/aromatic N) is 2. The maximum absolute atomic E-state index is 13.7. The Morgan fingerprint density at radius 2 is 1.82 bits per heavy atom. The molecular weight excluding hydrogens is 607 g/mol. The molecule has 1 fully saturated rings. The van der Waals surface area contributed by atoms with Crippen molar-refractivity contribution in [2.75, 3.05) is 18.2 Å². The zero-order chi connectivity index (χ0) is 31.7. The first-order chi connectivity index (χ1) is 21.7. The summed E-state index contributed by atoms with van der Waals surface area (Å²) in [5.41, 5.74) is 2.62. The van der Waals surface area contributed by atoms with Gasteiger partial charge in [-0.1, -0.05) is 24.3 Å². The first-order valence-electron chi connectivity index (χ1n) is 14.4. The Labute approximate surface area is 261 Å². The van der Waals surface area contributed by atoms with Gasteiger partial charge in [0.1, 0.15) is 5.76 Å². The van der Waals surface area contributed by atoms with Gasteiger partial charge in [-0.3, -0.25) is 14.6 Å². The maximum Gasteiger partial charge on any atom is 0.416 e. The Kier molecular flexibility index (Phi) is 8.41. The quantitative estimate of drug-likeness (QED) is 0.211. The van der Waals surface area contributed by atoms with E-state index >= 15 is 0 Å². The summed E-state index contributed by atoms with van der Waals surface area (Å²) in [6, 6.07) is 14.7. The third-order valence-corrected chi connectivity index (χ3v) is 8.84. The number of fused-ring (bicyclic) bond motifs is 3. The number of esters is 1. The summed E-state index contributed by atoms with van der Waals surface area (Å²) in [5.74, 6) is 0.532. The van der Waals surface area contributed by atoms with E-state index in [9.17, 15) is 27.6 Å². The van der Waals surface area contributed by atoms with Crippen LogP contribution in [0, 0.1) is 0 Å². The topological polar surface area (TPSA) is 102 Å². The van der Waals surface area contributed by atoms with E-state index in [-0.39, 0.29) is 43.0 Å². The number of thioether (sulfide) groups is 1. The van der Waals surface area contributed by atoms with Crippen molar-refractivity contribution in [3.8, 4) is 11.1 Å². The number of hydrogen-bond donors (Lipinski definition) is 1. The molecule has 0 spiro atoms. The average molecular weight is 636 g/mol. The number of aromatic nitrogens is 1. The number of alkyl halides is 3. The summed E-state index contributed by atoms with van der Waals surface area (Å²) in [5, 5.41) is 2.79. The molecule has 6 rings (SSSR count). The molecule has 1 atom stereocenters. The maximum atomic E-state index is 13.7. The molecule has 4 aromatic rings. The number of hydrogen-bond acceptors (Lipinski definition) is 7. The molecule has 232 valence electrons. The highest BCUT2D eigenvalue weighted by Gasteiger charge is 2.45. The highest BCUT2D eigenvalue weighted by atomic mass is 32.2. The smallest absolute Gasteiger partial charge is 0.416 e. The molecule has 1 N–H and O–H groups in total. The number of furan rings is 1. The van der Waals surface area contributed by atoms with Crippen LogP contribution in [0.1, 0.15) is 72.3 Å². The second kappa shape index (κ2) is 12.4. The first kappa shape index (κ1) is 30.4. The number of rotatable bonds is 9. The van der Waals surface area contributed by atoms with Gasteiger partial charge in [0.2, 0.25) is 0 Å². The van der Waals surface area contributed by atoms with Gasteiger partial charge in [0.15, 0.2) is 0 Å². The van der Waals surface area contributed by atoms with Crippen LogP contribution in [0.15, 0.2) is 71.3 Å². The monoisotopic (exact) mass is 635 g/mol. The zero-order valence-corrected chi connectivity index (χ0v) is 25.0. The van der Waals surface area contributed by atoms with Gasteiger partial charge in [-0.2, -0.15) is 13.2 Å². The first-order valence-corrected chi connectivity index (χ1v) is 15.5. The molecule has 2 aromatic carbocycles. The molecule has 0 radical (unpaired) electrons. The van der Waals surface area contributed by atoms with Crippen LogP contribution in [0.3, 0.4) is 0 Å². The van der Waals surface area contributed by atoms with Crippen LogP contribution in [-0.4, -0.2) is 45.9 Å². The summed E-state index contributed by atoms with van der Waals surface area (Å²) in [7, 11) is 0. The lowest BCUT2D eigenvalue weighted by Crippen LogP contribution is -2.23. The van der Waals surface area contributed by atoms with Crippen molar-refractivity contribution in [2.45, 2.75) is 38.5 Å². The van der Waals surface area contributed by atoms with E-state index in [0.29, 0.717) is 63.0 Å². The number of amides is 2. The number of pyridine rings is 1. The lowest BCUT2D eigenvalue weighted by molar-refractivity contribution is -0.137. The molecule has 2 aromatic heterocycles. The minimum atomic E-state index is -4.45. The fraction of sp³-hybridized carbons (Fsp3) is 0.273. The number of carbonyl (C=O) groups excluding carboxylic acids is 3. The van der Waals surface area contributed by atoms with Gasteiger partial charge >= 0.3 is 12.1 Å². The van der Waals surface area contributed by atoms with E-state index in [4.69, 9.17) is 14.1 Å². The Hall–Kier alpha value is -4.58. The molecule has 4 heterocycles.